The Hall–Kier alpha value is -0.670. The van der Waals surface area contributed by atoms with Gasteiger partial charge in [-0.05, 0) is 26.0 Å². The number of ketones is 1. The van der Waals surface area contributed by atoms with Gasteiger partial charge in [0.25, 0.3) is 0 Å². The van der Waals surface area contributed by atoms with Crippen LogP contribution in [0.2, 0.25) is 0 Å². The summed E-state index contributed by atoms with van der Waals surface area (Å²) in [7, 11) is 1.54. The van der Waals surface area contributed by atoms with Gasteiger partial charge in [-0.2, -0.15) is 0 Å². The van der Waals surface area contributed by atoms with Crippen molar-refractivity contribution in [3.05, 3.63) is 21.9 Å². The Morgan fingerprint density at radius 3 is 2.67 bits per heavy atom. The number of Topliss-reactive ketones (excluding diaryl/α,β-unsaturated/α-hetero) is 1. The topological polar surface area (TPSA) is 26.3 Å². The molecule has 0 fully saturated rings. The van der Waals surface area contributed by atoms with Gasteiger partial charge in [0.05, 0.1) is 4.88 Å². The molecular weight excluding hydrogens is 172 g/mol. The van der Waals surface area contributed by atoms with E-state index in [1.165, 1.54) is 11.3 Å². The summed E-state index contributed by atoms with van der Waals surface area (Å²) < 4.78 is 4.93. The minimum Gasteiger partial charge on any atom is -0.374 e. The first-order chi connectivity index (χ1) is 5.65. The summed E-state index contributed by atoms with van der Waals surface area (Å²) in [5.74, 6) is 0.0654. The van der Waals surface area contributed by atoms with E-state index in [4.69, 9.17) is 4.74 Å². The smallest absolute Gasteiger partial charge is 0.201 e. The summed E-state index contributed by atoms with van der Waals surface area (Å²) in [6.07, 6.45) is -0.331. The van der Waals surface area contributed by atoms with E-state index in [9.17, 15) is 4.79 Å². The summed E-state index contributed by atoms with van der Waals surface area (Å²) in [5.41, 5.74) is 0. The molecule has 1 heterocycles. The first-order valence-corrected chi connectivity index (χ1v) is 4.60. The molecule has 12 heavy (non-hydrogen) atoms. The van der Waals surface area contributed by atoms with Crippen molar-refractivity contribution < 1.29 is 9.53 Å². The van der Waals surface area contributed by atoms with Crippen LogP contribution in [0.3, 0.4) is 0 Å². The summed E-state index contributed by atoms with van der Waals surface area (Å²) in [5, 5.41) is 0. The lowest BCUT2D eigenvalue weighted by Crippen LogP contribution is -2.17. The lowest BCUT2D eigenvalue weighted by molar-refractivity contribution is 0.0660. The molecule has 3 heteroatoms. The Morgan fingerprint density at radius 1 is 1.58 bits per heavy atom. The van der Waals surface area contributed by atoms with Gasteiger partial charge in [-0.3, -0.25) is 4.79 Å². The van der Waals surface area contributed by atoms with E-state index in [0.717, 1.165) is 9.75 Å². The number of thiophene rings is 1. The number of carbonyl (C=O) groups excluding carboxylic acids is 1. The molecule has 0 aliphatic carbocycles. The molecule has 66 valence electrons. The van der Waals surface area contributed by atoms with Crippen LogP contribution in [0.15, 0.2) is 12.1 Å². The van der Waals surface area contributed by atoms with Crippen molar-refractivity contribution in [3.63, 3.8) is 0 Å². The third kappa shape index (κ3) is 1.93. The fourth-order valence-corrected chi connectivity index (χ4v) is 1.76. The minimum absolute atomic E-state index is 0.0654. The number of carbonyl (C=O) groups is 1. The number of hydrogen-bond acceptors (Lipinski definition) is 3. The van der Waals surface area contributed by atoms with Crippen molar-refractivity contribution in [2.45, 2.75) is 20.0 Å². The van der Waals surface area contributed by atoms with Crippen molar-refractivity contribution in [2.75, 3.05) is 7.11 Å². The highest BCUT2D eigenvalue weighted by Gasteiger charge is 2.15. The normalized spacial score (nSPS) is 12.9. The summed E-state index contributed by atoms with van der Waals surface area (Å²) in [6, 6.07) is 3.79. The minimum atomic E-state index is -0.331. The van der Waals surface area contributed by atoms with Gasteiger partial charge in [0.2, 0.25) is 5.78 Å². The molecule has 1 unspecified atom stereocenters. The van der Waals surface area contributed by atoms with Crippen LogP contribution in [-0.2, 0) is 4.74 Å². The quantitative estimate of drug-likeness (QED) is 0.674. The van der Waals surface area contributed by atoms with E-state index in [1.54, 1.807) is 14.0 Å². The van der Waals surface area contributed by atoms with Gasteiger partial charge >= 0.3 is 0 Å². The fourth-order valence-electron chi connectivity index (χ4n) is 0.874. The molecule has 0 bridgehead atoms. The van der Waals surface area contributed by atoms with Gasteiger partial charge in [-0.1, -0.05) is 0 Å². The summed E-state index contributed by atoms with van der Waals surface area (Å²) in [6.45, 7) is 3.75. The first kappa shape index (κ1) is 9.42. The van der Waals surface area contributed by atoms with Crippen LogP contribution in [0, 0.1) is 6.92 Å². The highest BCUT2D eigenvalue weighted by molar-refractivity contribution is 7.14. The zero-order valence-corrected chi connectivity index (χ0v) is 8.27. The predicted molar refractivity (Wildman–Crippen MR) is 49.9 cm³/mol. The Morgan fingerprint density at radius 2 is 2.25 bits per heavy atom. The SMILES string of the molecule is COC(C)C(=O)c1ccc(C)s1. The lowest BCUT2D eigenvalue weighted by Gasteiger charge is -2.04. The van der Waals surface area contributed by atoms with Gasteiger partial charge < -0.3 is 4.74 Å². The number of hydrogen-bond donors (Lipinski definition) is 0. The molecule has 1 rings (SSSR count). The van der Waals surface area contributed by atoms with E-state index in [-0.39, 0.29) is 11.9 Å². The van der Waals surface area contributed by atoms with E-state index in [0.29, 0.717) is 0 Å². The second-order valence-electron chi connectivity index (χ2n) is 2.65. The first-order valence-electron chi connectivity index (χ1n) is 3.78. The van der Waals surface area contributed by atoms with E-state index in [2.05, 4.69) is 0 Å². The number of methoxy groups -OCH3 is 1. The molecule has 1 atom stereocenters. The Bertz CT molecular complexity index is 278. The van der Waals surface area contributed by atoms with E-state index in [1.807, 2.05) is 19.1 Å². The van der Waals surface area contributed by atoms with Crippen LogP contribution < -0.4 is 0 Å². The molecule has 2 nitrogen and oxygen atoms in total. The van der Waals surface area contributed by atoms with Crippen molar-refractivity contribution in [1.82, 2.24) is 0 Å². The third-order valence-electron chi connectivity index (χ3n) is 1.71. The maximum atomic E-state index is 11.5. The maximum Gasteiger partial charge on any atom is 0.201 e. The van der Waals surface area contributed by atoms with Crippen LogP contribution in [-0.4, -0.2) is 19.0 Å². The molecule has 0 aromatic carbocycles. The predicted octanol–water partition coefficient (Wildman–Crippen LogP) is 2.27. The standard InChI is InChI=1S/C9H12O2S/c1-6-4-5-8(12-6)9(10)7(2)11-3/h4-5,7H,1-3H3. The van der Waals surface area contributed by atoms with Gasteiger partial charge in [0.1, 0.15) is 6.10 Å². The molecule has 0 aliphatic heterocycles. The average Bonchev–Trinajstić information content (AvgIpc) is 2.49. The molecule has 0 saturated heterocycles. The molecule has 0 saturated carbocycles. The second-order valence-corrected chi connectivity index (χ2v) is 3.94. The third-order valence-corrected chi connectivity index (χ3v) is 2.72. The van der Waals surface area contributed by atoms with E-state index >= 15 is 0 Å². The van der Waals surface area contributed by atoms with Crippen LogP contribution in [0.5, 0.6) is 0 Å². The molecule has 0 spiro atoms. The van der Waals surface area contributed by atoms with Crippen LogP contribution in [0.4, 0.5) is 0 Å². The van der Waals surface area contributed by atoms with Crippen molar-refractivity contribution in [1.29, 1.82) is 0 Å². The van der Waals surface area contributed by atoms with Gasteiger partial charge in [0, 0.05) is 12.0 Å². The molecule has 1 aromatic rings. The molecule has 1 aromatic heterocycles. The summed E-state index contributed by atoms with van der Waals surface area (Å²) >= 11 is 1.51. The summed E-state index contributed by atoms with van der Waals surface area (Å²) in [4.78, 5) is 13.4. The Kier molecular flexibility index (Phi) is 3.00. The van der Waals surface area contributed by atoms with Crippen molar-refractivity contribution >= 4 is 17.1 Å². The molecule has 0 radical (unpaired) electrons. The number of aryl methyl sites for hydroxylation is 1. The van der Waals surface area contributed by atoms with Gasteiger partial charge in [-0.15, -0.1) is 11.3 Å². The molecule has 0 N–H and O–H groups in total. The van der Waals surface area contributed by atoms with Crippen molar-refractivity contribution in [2.24, 2.45) is 0 Å². The van der Waals surface area contributed by atoms with E-state index < -0.39 is 0 Å². The number of rotatable bonds is 3. The molecule has 0 amide bonds. The maximum absolute atomic E-state index is 11.5. The highest BCUT2D eigenvalue weighted by Crippen LogP contribution is 2.17. The average molecular weight is 184 g/mol. The molecular formula is C9H12O2S. The van der Waals surface area contributed by atoms with Crippen molar-refractivity contribution in [3.8, 4) is 0 Å². The van der Waals surface area contributed by atoms with Crippen LogP contribution >= 0.6 is 11.3 Å². The lowest BCUT2D eigenvalue weighted by atomic mass is 10.2. The Labute approximate surface area is 76.2 Å². The van der Waals surface area contributed by atoms with Crippen LogP contribution in [0.1, 0.15) is 21.5 Å². The molecule has 0 aliphatic rings. The Balaban J connectivity index is 2.78. The van der Waals surface area contributed by atoms with Gasteiger partial charge in [-0.25, -0.2) is 0 Å². The monoisotopic (exact) mass is 184 g/mol. The largest absolute Gasteiger partial charge is 0.374 e. The second kappa shape index (κ2) is 3.83. The fraction of sp³-hybridized carbons (Fsp3) is 0.444. The zero-order chi connectivity index (χ0) is 9.14. The van der Waals surface area contributed by atoms with Gasteiger partial charge in [0.15, 0.2) is 0 Å². The van der Waals surface area contributed by atoms with Crippen LogP contribution in [0.25, 0.3) is 0 Å². The highest BCUT2D eigenvalue weighted by atomic mass is 32.1. The zero-order valence-electron chi connectivity index (χ0n) is 7.46. The number of ether oxygens (including phenoxy) is 1.